The predicted octanol–water partition coefficient (Wildman–Crippen LogP) is 2.41. The van der Waals surface area contributed by atoms with E-state index < -0.39 is 62.2 Å². The Hall–Kier alpha value is -3.15. The van der Waals surface area contributed by atoms with Gasteiger partial charge in [0, 0.05) is 30.5 Å². The molecule has 2 aliphatic heterocycles. The number of carbonyl (C=O) groups excluding carboxylic acids is 2. The first-order valence-corrected chi connectivity index (χ1v) is 10.7. The third kappa shape index (κ3) is 2.96. The number of hydrogen-bond donors (Lipinski definition) is 3. The molecule has 0 aromatic heterocycles. The van der Waals surface area contributed by atoms with Crippen LogP contribution in [0.15, 0.2) is 18.2 Å². The highest BCUT2D eigenvalue weighted by Gasteiger charge is 2.47. The van der Waals surface area contributed by atoms with Crippen molar-refractivity contribution in [2.75, 3.05) is 0 Å². The summed E-state index contributed by atoms with van der Waals surface area (Å²) in [5.74, 6) is -4.27. The second-order valence-electron chi connectivity index (χ2n) is 7.83. The third-order valence-electron chi connectivity index (χ3n) is 5.65. The van der Waals surface area contributed by atoms with Crippen LogP contribution in [0.3, 0.4) is 0 Å². The molecule has 31 heavy (non-hydrogen) atoms. The number of hydrogen-bond acceptors (Lipinski definition) is 9. The Morgan fingerprint density at radius 1 is 1.10 bits per heavy atom. The van der Waals surface area contributed by atoms with Gasteiger partial charge in [-0.2, -0.15) is 8.42 Å². The minimum Gasteiger partial charge on any atom is -0.508 e. The maximum atomic E-state index is 13.3. The van der Waals surface area contributed by atoms with Gasteiger partial charge in [0.15, 0.2) is 11.5 Å². The molecule has 0 radical (unpaired) electrons. The van der Waals surface area contributed by atoms with E-state index in [2.05, 4.69) is 0 Å². The molecule has 0 saturated carbocycles. The first-order chi connectivity index (χ1) is 14.5. The van der Waals surface area contributed by atoms with E-state index in [1.807, 2.05) is 0 Å². The molecular formula is C20H16O10S. The highest BCUT2D eigenvalue weighted by Crippen LogP contribution is 2.53. The molecular weight excluding hydrogens is 432 g/mol. The van der Waals surface area contributed by atoms with Gasteiger partial charge in [-0.3, -0.25) is 14.1 Å². The Morgan fingerprint density at radius 2 is 1.81 bits per heavy atom. The Bertz CT molecular complexity index is 1300. The average Bonchev–Trinajstić information content (AvgIpc) is 2.63. The van der Waals surface area contributed by atoms with Crippen LogP contribution in [0.2, 0.25) is 0 Å². The van der Waals surface area contributed by atoms with Crippen LogP contribution in [0.5, 0.6) is 23.0 Å². The van der Waals surface area contributed by atoms with Gasteiger partial charge < -0.3 is 23.9 Å². The molecule has 2 atom stereocenters. The van der Waals surface area contributed by atoms with Gasteiger partial charge in [-0.25, -0.2) is 0 Å². The molecule has 3 aliphatic rings. The quantitative estimate of drug-likeness (QED) is 0.497. The second-order valence-corrected chi connectivity index (χ2v) is 8.85. The zero-order valence-corrected chi connectivity index (χ0v) is 16.9. The SMILES string of the molecule is C[C@@]12CCC[C@@H](O1)c1c(cc3c(c1OS(=O)(=O)O)C(=O)c1c(O)cc(O)cc1C3=O)O2. The van der Waals surface area contributed by atoms with Gasteiger partial charge >= 0.3 is 10.4 Å². The minimum atomic E-state index is -5.10. The van der Waals surface area contributed by atoms with Crippen molar-refractivity contribution >= 4 is 22.0 Å². The summed E-state index contributed by atoms with van der Waals surface area (Å²) in [6.07, 6.45) is 0.983. The van der Waals surface area contributed by atoms with Gasteiger partial charge in [-0.1, -0.05) is 0 Å². The summed E-state index contributed by atoms with van der Waals surface area (Å²) in [6, 6.07) is 3.21. The van der Waals surface area contributed by atoms with Gasteiger partial charge in [0.1, 0.15) is 17.2 Å². The van der Waals surface area contributed by atoms with Crippen LogP contribution in [0.25, 0.3) is 0 Å². The molecule has 0 unspecified atom stereocenters. The number of benzene rings is 2. The monoisotopic (exact) mass is 448 g/mol. The van der Waals surface area contributed by atoms with Crippen LogP contribution < -0.4 is 8.92 Å². The van der Waals surface area contributed by atoms with Crippen LogP contribution >= 0.6 is 0 Å². The van der Waals surface area contributed by atoms with E-state index >= 15 is 0 Å². The van der Waals surface area contributed by atoms with Crippen LogP contribution in [-0.2, 0) is 15.1 Å². The molecule has 11 heteroatoms. The fourth-order valence-corrected chi connectivity index (χ4v) is 4.86. The van der Waals surface area contributed by atoms with Gasteiger partial charge in [0.25, 0.3) is 0 Å². The number of ketones is 2. The topological polar surface area (TPSA) is 157 Å². The molecule has 1 fully saturated rings. The highest BCUT2D eigenvalue weighted by atomic mass is 32.3. The lowest BCUT2D eigenvalue weighted by Gasteiger charge is -2.44. The number of ether oxygens (including phenoxy) is 2. The fourth-order valence-electron chi connectivity index (χ4n) is 4.47. The lowest BCUT2D eigenvalue weighted by Crippen LogP contribution is -2.44. The van der Waals surface area contributed by atoms with E-state index in [0.717, 1.165) is 12.1 Å². The molecule has 3 N–H and O–H groups in total. The van der Waals surface area contributed by atoms with Crippen molar-refractivity contribution in [3.8, 4) is 23.0 Å². The predicted molar refractivity (Wildman–Crippen MR) is 102 cm³/mol. The van der Waals surface area contributed by atoms with E-state index in [9.17, 15) is 32.8 Å². The standard InChI is InChI=1S/C20H16O10S/c1-20-4-2-3-12(28-20)16-13(29-20)7-10-15(19(16)30-31(25,26)27)18(24)14-9(17(10)23)5-8(21)6-11(14)22/h5-7,12,21-22H,2-4H2,1H3,(H,25,26,27)/t12-,20-/m1/s1. The van der Waals surface area contributed by atoms with Gasteiger partial charge in [0.2, 0.25) is 11.6 Å². The van der Waals surface area contributed by atoms with Crippen molar-refractivity contribution in [2.24, 2.45) is 0 Å². The molecule has 0 spiro atoms. The van der Waals surface area contributed by atoms with E-state index in [-0.39, 0.29) is 22.4 Å². The van der Waals surface area contributed by atoms with E-state index in [1.54, 1.807) is 6.92 Å². The Morgan fingerprint density at radius 3 is 2.52 bits per heavy atom. The zero-order chi connectivity index (χ0) is 22.3. The van der Waals surface area contributed by atoms with Crippen molar-refractivity contribution in [3.63, 3.8) is 0 Å². The Kier molecular flexibility index (Phi) is 3.95. The third-order valence-corrected chi connectivity index (χ3v) is 6.03. The van der Waals surface area contributed by atoms with E-state index in [1.165, 1.54) is 6.07 Å². The largest absolute Gasteiger partial charge is 0.508 e. The van der Waals surface area contributed by atoms with Crippen molar-refractivity contribution in [3.05, 3.63) is 46.0 Å². The van der Waals surface area contributed by atoms with Gasteiger partial charge in [-0.15, -0.1) is 0 Å². The normalized spacial score (nSPS) is 24.0. The first kappa shape index (κ1) is 19.8. The summed E-state index contributed by atoms with van der Waals surface area (Å²) in [5.41, 5.74) is -1.29. The first-order valence-electron chi connectivity index (χ1n) is 9.37. The van der Waals surface area contributed by atoms with Crippen LogP contribution in [0.1, 0.15) is 69.7 Å². The van der Waals surface area contributed by atoms with Gasteiger partial charge in [0.05, 0.1) is 22.8 Å². The maximum absolute atomic E-state index is 13.3. The Labute approximate surface area is 175 Å². The summed E-state index contributed by atoms with van der Waals surface area (Å²) in [5, 5.41) is 20.0. The highest BCUT2D eigenvalue weighted by molar-refractivity contribution is 7.81. The molecule has 1 saturated heterocycles. The van der Waals surface area contributed by atoms with Crippen molar-refractivity contribution in [1.29, 1.82) is 0 Å². The zero-order valence-electron chi connectivity index (χ0n) is 16.0. The van der Waals surface area contributed by atoms with E-state index in [4.69, 9.17) is 13.7 Å². The molecule has 2 aromatic carbocycles. The number of phenolic OH excluding ortho intramolecular Hbond substituents is 2. The van der Waals surface area contributed by atoms with Crippen LogP contribution in [0.4, 0.5) is 0 Å². The number of carbonyl (C=O) groups is 2. The van der Waals surface area contributed by atoms with E-state index in [0.29, 0.717) is 19.3 Å². The number of phenols is 2. The molecule has 10 nitrogen and oxygen atoms in total. The molecule has 2 aromatic rings. The maximum Gasteiger partial charge on any atom is 0.446 e. The Balaban J connectivity index is 1.84. The summed E-state index contributed by atoms with van der Waals surface area (Å²) < 4.78 is 49.2. The molecule has 162 valence electrons. The van der Waals surface area contributed by atoms with Crippen LogP contribution in [0, 0.1) is 0 Å². The van der Waals surface area contributed by atoms with Crippen molar-refractivity contribution in [1.82, 2.24) is 0 Å². The summed E-state index contributed by atoms with van der Waals surface area (Å²) >= 11 is 0. The second kappa shape index (κ2) is 6.19. The lowest BCUT2D eigenvalue weighted by molar-refractivity contribution is -0.243. The fraction of sp³-hybridized carbons (Fsp3) is 0.300. The number of fused-ring (bicyclic) bond motifs is 6. The lowest BCUT2D eigenvalue weighted by atomic mass is 9.80. The molecule has 5 rings (SSSR count). The molecule has 1 aliphatic carbocycles. The minimum absolute atomic E-state index is 0.0800. The van der Waals surface area contributed by atoms with Crippen molar-refractivity contribution in [2.45, 2.75) is 38.1 Å². The smallest absolute Gasteiger partial charge is 0.446 e. The summed E-state index contributed by atoms with van der Waals surface area (Å²) in [6.45, 7) is 1.70. The summed E-state index contributed by atoms with van der Waals surface area (Å²) in [7, 11) is -5.10. The number of aromatic hydroxyl groups is 2. The molecule has 2 bridgehead atoms. The summed E-state index contributed by atoms with van der Waals surface area (Å²) in [4.78, 5) is 26.4. The number of rotatable bonds is 2. The molecule has 2 heterocycles. The van der Waals surface area contributed by atoms with Gasteiger partial charge in [-0.05, 0) is 25.0 Å². The van der Waals surface area contributed by atoms with Crippen molar-refractivity contribution < 1.29 is 46.4 Å². The van der Waals surface area contributed by atoms with Crippen LogP contribution in [-0.4, -0.2) is 40.5 Å². The molecule has 0 amide bonds. The average molecular weight is 448 g/mol.